The van der Waals surface area contributed by atoms with Gasteiger partial charge in [-0.05, 0) is 30.5 Å². The van der Waals surface area contributed by atoms with E-state index in [0.29, 0.717) is 12.5 Å². The quantitative estimate of drug-likeness (QED) is 0.769. The normalized spacial score (nSPS) is 16.4. The van der Waals surface area contributed by atoms with Gasteiger partial charge in [0.1, 0.15) is 5.76 Å². The Balaban J connectivity index is 2.57. The van der Waals surface area contributed by atoms with Crippen molar-refractivity contribution in [1.29, 1.82) is 0 Å². The maximum atomic E-state index is 5.77. The van der Waals surface area contributed by atoms with Crippen molar-refractivity contribution in [3.8, 4) is 0 Å². The summed E-state index contributed by atoms with van der Waals surface area (Å²) < 4.78 is 5.77. The lowest BCUT2D eigenvalue weighted by Crippen LogP contribution is -2.20. The summed E-state index contributed by atoms with van der Waals surface area (Å²) in [6.45, 7) is 6.64. The van der Waals surface area contributed by atoms with E-state index in [1.54, 1.807) is 0 Å². The Morgan fingerprint density at radius 2 is 2.29 bits per heavy atom. The molecule has 3 nitrogen and oxygen atoms in total. The van der Waals surface area contributed by atoms with Gasteiger partial charge < -0.3 is 15.4 Å². The molecule has 1 rings (SSSR count). The highest BCUT2D eigenvalue weighted by molar-refractivity contribution is 5.34. The molecule has 17 heavy (non-hydrogen) atoms. The van der Waals surface area contributed by atoms with Gasteiger partial charge in [-0.3, -0.25) is 0 Å². The fourth-order valence-corrected chi connectivity index (χ4v) is 1.58. The Bertz CT molecular complexity index is 316. The van der Waals surface area contributed by atoms with Crippen molar-refractivity contribution in [3.63, 3.8) is 0 Å². The van der Waals surface area contributed by atoms with E-state index in [0.717, 1.165) is 25.3 Å². The van der Waals surface area contributed by atoms with Crippen LogP contribution in [0.25, 0.3) is 0 Å². The molecule has 0 saturated heterocycles. The zero-order chi connectivity index (χ0) is 12.7. The lowest BCUT2D eigenvalue weighted by atomic mass is 10.1. The van der Waals surface area contributed by atoms with Crippen molar-refractivity contribution >= 4 is 0 Å². The first-order chi connectivity index (χ1) is 8.11. The van der Waals surface area contributed by atoms with Gasteiger partial charge in [0.25, 0.3) is 0 Å². The Kier molecular flexibility index (Phi) is 5.84. The number of ether oxygens (including phenoxy) is 1. The van der Waals surface area contributed by atoms with Gasteiger partial charge in [0.2, 0.25) is 0 Å². The van der Waals surface area contributed by atoms with Crippen LogP contribution >= 0.6 is 0 Å². The van der Waals surface area contributed by atoms with Gasteiger partial charge in [-0.1, -0.05) is 26.0 Å². The van der Waals surface area contributed by atoms with Gasteiger partial charge in [-0.15, -0.1) is 0 Å². The van der Waals surface area contributed by atoms with Crippen LogP contribution in [0.1, 0.15) is 20.3 Å². The highest BCUT2D eigenvalue weighted by atomic mass is 16.5. The summed E-state index contributed by atoms with van der Waals surface area (Å²) in [6.07, 6.45) is 9.34. The molecule has 0 aromatic carbocycles. The molecule has 96 valence electrons. The van der Waals surface area contributed by atoms with Crippen molar-refractivity contribution in [3.05, 3.63) is 35.8 Å². The van der Waals surface area contributed by atoms with Crippen molar-refractivity contribution < 1.29 is 4.74 Å². The molecule has 0 aromatic heterocycles. The molecule has 3 heteroatoms. The summed E-state index contributed by atoms with van der Waals surface area (Å²) in [7, 11) is 2.06. The summed E-state index contributed by atoms with van der Waals surface area (Å²) in [4.78, 5) is 2.14. The average Bonchev–Trinajstić information content (AvgIpc) is 2.26. The predicted molar refractivity (Wildman–Crippen MR) is 72.4 cm³/mol. The molecular weight excluding hydrogens is 212 g/mol. The molecule has 1 aliphatic rings. The highest BCUT2D eigenvalue weighted by Gasteiger charge is 2.09. The van der Waals surface area contributed by atoms with E-state index in [4.69, 9.17) is 10.5 Å². The molecule has 0 unspecified atom stereocenters. The van der Waals surface area contributed by atoms with Crippen LogP contribution in [-0.2, 0) is 4.74 Å². The first-order valence-electron chi connectivity index (χ1n) is 6.24. The molecule has 0 radical (unpaired) electrons. The standard InChI is InChI=1S/C14H24N2O/c1-12(2)11-17-14-8-13(6-4-5-7-15)9-16(3)10-14/h4,6,8-9,12H,5,7,10-11,15H2,1-3H3. The van der Waals surface area contributed by atoms with Gasteiger partial charge in [-0.25, -0.2) is 0 Å². The molecule has 1 aliphatic heterocycles. The minimum atomic E-state index is 0.559. The fourth-order valence-electron chi connectivity index (χ4n) is 1.58. The highest BCUT2D eigenvalue weighted by Crippen LogP contribution is 2.15. The van der Waals surface area contributed by atoms with E-state index < -0.39 is 0 Å². The van der Waals surface area contributed by atoms with E-state index in [1.165, 1.54) is 5.57 Å². The van der Waals surface area contributed by atoms with Gasteiger partial charge >= 0.3 is 0 Å². The third-order valence-electron chi connectivity index (χ3n) is 2.35. The van der Waals surface area contributed by atoms with Crippen LogP contribution in [0.15, 0.2) is 35.8 Å². The molecule has 0 amide bonds. The summed E-state index contributed by atoms with van der Waals surface area (Å²) in [5, 5.41) is 0. The number of allylic oxidation sites excluding steroid dienone is 3. The zero-order valence-electron chi connectivity index (χ0n) is 11.1. The molecule has 2 N–H and O–H groups in total. The van der Waals surface area contributed by atoms with E-state index in [2.05, 4.69) is 50.2 Å². The number of rotatable bonds is 6. The second-order valence-corrected chi connectivity index (χ2v) is 4.84. The summed E-state index contributed by atoms with van der Waals surface area (Å²) in [5.74, 6) is 1.60. The summed E-state index contributed by atoms with van der Waals surface area (Å²) >= 11 is 0. The Hall–Kier alpha value is -1.22. The van der Waals surface area contributed by atoms with Crippen molar-refractivity contribution in [1.82, 2.24) is 4.90 Å². The SMILES string of the molecule is CC(C)COC1=CC(C=CCCN)=CN(C)C1. The van der Waals surface area contributed by atoms with Crippen LogP contribution in [-0.4, -0.2) is 31.6 Å². The summed E-state index contributed by atoms with van der Waals surface area (Å²) in [5.41, 5.74) is 6.63. The lowest BCUT2D eigenvalue weighted by molar-refractivity contribution is 0.161. The number of nitrogens with two attached hydrogens (primary N) is 1. The minimum Gasteiger partial charge on any atom is -0.496 e. The molecule has 0 bridgehead atoms. The van der Waals surface area contributed by atoms with E-state index in [-0.39, 0.29) is 0 Å². The Morgan fingerprint density at radius 3 is 2.94 bits per heavy atom. The molecule has 0 spiro atoms. The largest absolute Gasteiger partial charge is 0.496 e. The van der Waals surface area contributed by atoms with Crippen LogP contribution in [0.3, 0.4) is 0 Å². The fraction of sp³-hybridized carbons (Fsp3) is 0.571. The van der Waals surface area contributed by atoms with Crippen molar-refractivity contribution in [2.24, 2.45) is 11.7 Å². The van der Waals surface area contributed by atoms with Gasteiger partial charge in [0.15, 0.2) is 0 Å². The van der Waals surface area contributed by atoms with E-state index >= 15 is 0 Å². The minimum absolute atomic E-state index is 0.559. The number of nitrogens with zero attached hydrogens (tertiary/aromatic N) is 1. The zero-order valence-corrected chi connectivity index (χ0v) is 11.1. The first kappa shape index (κ1) is 13.8. The average molecular weight is 236 g/mol. The molecule has 0 fully saturated rings. The topological polar surface area (TPSA) is 38.5 Å². The van der Waals surface area contributed by atoms with E-state index in [1.807, 2.05) is 0 Å². The predicted octanol–water partition coefficient (Wildman–Crippen LogP) is 2.28. The monoisotopic (exact) mass is 236 g/mol. The molecule has 0 saturated carbocycles. The molecule has 0 aromatic rings. The van der Waals surface area contributed by atoms with Crippen LogP contribution in [0, 0.1) is 5.92 Å². The van der Waals surface area contributed by atoms with Crippen LogP contribution in [0.5, 0.6) is 0 Å². The Labute approximate surface area is 105 Å². The Morgan fingerprint density at radius 1 is 1.53 bits per heavy atom. The molecule has 0 aliphatic carbocycles. The van der Waals surface area contributed by atoms with Crippen molar-refractivity contribution in [2.45, 2.75) is 20.3 Å². The second kappa shape index (κ2) is 7.17. The summed E-state index contributed by atoms with van der Waals surface area (Å²) in [6, 6.07) is 0. The van der Waals surface area contributed by atoms with Crippen molar-refractivity contribution in [2.75, 3.05) is 26.7 Å². The number of hydrogen-bond acceptors (Lipinski definition) is 3. The molecular formula is C14H24N2O. The third kappa shape index (κ3) is 5.59. The number of hydrogen-bond donors (Lipinski definition) is 1. The molecule has 0 atom stereocenters. The third-order valence-corrected chi connectivity index (χ3v) is 2.35. The molecule has 1 heterocycles. The van der Waals surface area contributed by atoms with E-state index in [9.17, 15) is 0 Å². The maximum absolute atomic E-state index is 5.77. The first-order valence-corrected chi connectivity index (χ1v) is 6.24. The smallest absolute Gasteiger partial charge is 0.116 e. The number of likely N-dealkylation sites (N-methyl/N-ethyl adjacent to an activating group) is 1. The maximum Gasteiger partial charge on any atom is 0.116 e. The van der Waals surface area contributed by atoms with Gasteiger partial charge in [0.05, 0.1) is 13.2 Å². The van der Waals surface area contributed by atoms with Gasteiger partial charge in [-0.2, -0.15) is 0 Å². The van der Waals surface area contributed by atoms with Crippen LogP contribution in [0.2, 0.25) is 0 Å². The second-order valence-electron chi connectivity index (χ2n) is 4.84. The van der Waals surface area contributed by atoms with Crippen LogP contribution in [0.4, 0.5) is 0 Å². The van der Waals surface area contributed by atoms with Gasteiger partial charge in [0, 0.05) is 13.2 Å². The lowest BCUT2D eigenvalue weighted by Gasteiger charge is -2.23. The van der Waals surface area contributed by atoms with Crippen LogP contribution < -0.4 is 5.73 Å².